The number of amides is 1. The summed E-state index contributed by atoms with van der Waals surface area (Å²) in [5.41, 5.74) is 0.834. The fraction of sp³-hybridized carbons (Fsp3) is 0.0833. The normalized spacial score (nSPS) is 10.3. The van der Waals surface area contributed by atoms with Gasteiger partial charge in [0, 0.05) is 36.6 Å². The van der Waals surface area contributed by atoms with Gasteiger partial charge in [-0.3, -0.25) is 4.90 Å². The van der Waals surface area contributed by atoms with Crippen molar-refractivity contribution >= 4 is 27.8 Å². The molecule has 0 aliphatic rings. The molecule has 19 heavy (non-hydrogen) atoms. The first-order valence-electron chi connectivity index (χ1n) is 5.23. The van der Waals surface area contributed by atoms with E-state index in [0.717, 1.165) is 4.90 Å². The van der Waals surface area contributed by atoms with E-state index < -0.39 is 11.9 Å². The molecule has 0 radical (unpaired) electrons. The summed E-state index contributed by atoms with van der Waals surface area (Å²) >= 11 is 3.08. The van der Waals surface area contributed by atoms with Gasteiger partial charge >= 0.3 is 6.09 Å². The minimum absolute atomic E-state index is 0.265. The number of carbonyl (C=O) groups is 1. The van der Waals surface area contributed by atoms with Crippen LogP contribution in [0.2, 0.25) is 0 Å². The van der Waals surface area contributed by atoms with Crippen LogP contribution in [-0.4, -0.2) is 28.2 Å². The molecule has 2 heterocycles. The number of anilines is 1. The Balaban J connectivity index is 2.35. The molecule has 98 valence electrons. The van der Waals surface area contributed by atoms with Gasteiger partial charge in [-0.25, -0.2) is 19.2 Å². The third-order valence-electron chi connectivity index (χ3n) is 2.51. The van der Waals surface area contributed by atoms with Crippen molar-refractivity contribution in [1.29, 1.82) is 0 Å². The first-order valence-corrected chi connectivity index (χ1v) is 6.02. The van der Waals surface area contributed by atoms with E-state index in [1.165, 1.54) is 31.6 Å². The topological polar surface area (TPSA) is 66.3 Å². The van der Waals surface area contributed by atoms with Crippen LogP contribution in [0.15, 0.2) is 35.2 Å². The molecule has 0 saturated heterocycles. The molecule has 2 aromatic rings. The molecule has 0 bridgehead atoms. The van der Waals surface area contributed by atoms with Gasteiger partial charge in [0.1, 0.15) is 16.2 Å². The lowest BCUT2D eigenvalue weighted by Crippen LogP contribution is -2.24. The summed E-state index contributed by atoms with van der Waals surface area (Å²) in [5, 5.41) is 8.81. The van der Waals surface area contributed by atoms with Crippen LogP contribution in [-0.2, 0) is 0 Å². The van der Waals surface area contributed by atoms with Crippen LogP contribution < -0.4 is 4.90 Å². The van der Waals surface area contributed by atoms with Gasteiger partial charge in [0.25, 0.3) is 0 Å². The van der Waals surface area contributed by atoms with Gasteiger partial charge in [0.2, 0.25) is 0 Å². The fourth-order valence-corrected chi connectivity index (χ4v) is 1.77. The van der Waals surface area contributed by atoms with Gasteiger partial charge in [-0.05, 0) is 28.1 Å². The largest absolute Gasteiger partial charge is 0.465 e. The summed E-state index contributed by atoms with van der Waals surface area (Å²) in [7, 11) is 1.38. The molecule has 0 spiro atoms. The first kappa shape index (κ1) is 13.4. The average Bonchev–Trinajstić information content (AvgIpc) is 2.38. The number of halogens is 2. The predicted molar refractivity (Wildman–Crippen MR) is 71.6 cm³/mol. The lowest BCUT2D eigenvalue weighted by molar-refractivity contribution is 0.203. The molecule has 0 aliphatic heterocycles. The number of hydrogen-bond acceptors (Lipinski definition) is 3. The van der Waals surface area contributed by atoms with E-state index in [0.29, 0.717) is 15.7 Å². The molecule has 0 aliphatic carbocycles. The number of rotatable bonds is 2. The summed E-state index contributed by atoms with van der Waals surface area (Å²) in [6, 6.07) is 4.35. The highest BCUT2D eigenvalue weighted by atomic mass is 79.9. The summed E-state index contributed by atoms with van der Waals surface area (Å²) in [5.74, 6) is -0.162. The number of nitrogens with zero attached hydrogens (tertiary/aromatic N) is 3. The Kier molecular flexibility index (Phi) is 3.75. The zero-order valence-corrected chi connectivity index (χ0v) is 11.4. The zero-order valence-electron chi connectivity index (χ0n) is 9.84. The van der Waals surface area contributed by atoms with E-state index in [4.69, 9.17) is 5.11 Å². The quantitative estimate of drug-likeness (QED) is 0.861. The Bertz CT molecular complexity index is 619. The van der Waals surface area contributed by atoms with Crippen LogP contribution in [0.3, 0.4) is 0 Å². The van der Waals surface area contributed by atoms with Crippen LogP contribution in [0.25, 0.3) is 11.1 Å². The Labute approximate surface area is 116 Å². The predicted octanol–water partition coefficient (Wildman–Crippen LogP) is 3.16. The number of carboxylic acid groups (broad SMARTS) is 1. The standard InChI is InChI=1S/C12H9BrFN3O2/c1-17(12(18)19)11-3-2-7(5-16-11)8-6-15-10(13)4-9(8)14/h2-6H,1H3,(H,18,19). The van der Waals surface area contributed by atoms with Crippen LogP contribution in [0.5, 0.6) is 0 Å². The molecular formula is C12H9BrFN3O2. The Morgan fingerprint density at radius 2 is 2.11 bits per heavy atom. The van der Waals surface area contributed by atoms with Gasteiger partial charge in [0.15, 0.2) is 0 Å². The molecule has 0 fully saturated rings. The fourth-order valence-electron chi connectivity index (χ4n) is 1.46. The highest BCUT2D eigenvalue weighted by Crippen LogP contribution is 2.24. The summed E-state index contributed by atoms with van der Waals surface area (Å²) < 4.78 is 14.1. The summed E-state index contributed by atoms with van der Waals surface area (Å²) in [6.07, 6.45) is 1.68. The Hall–Kier alpha value is -2.02. The van der Waals surface area contributed by atoms with Gasteiger partial charge in [-0.1, -0.05) is 0 Å². The number of aromatic nitrogens is 2. The SMILES string of the molecule is CN(C(=O)O)c1ccc(-c2cnc(Br)cc2F)cn1. The highest BCUT2D eigenvalue weighted by molar-refractivity contribution is 9.10. The molecule has 2 aromatic heterocycles. The van der Waals surface area contributed by atoms with Crippen LogP contribution in [0, 0.1) is 5.82 Å². The summed E-state index contributed by atoms with van der Waals surface area (Å²) in [6.45, 7) is 0. The lowest BCUT2D eigenvalue weighted by Gasteiger charge is -2.12. The molecule has 0 unspecified atom stereocenters. The monoisotopic (exact) mass is 325 g/mol. The first-order chi connectivity index (χ1) is 8.99. The Morgan fingerprint density at radius 1 is 1.37 bits per heavy atom. The molecule has 1 amide bonds. The number of hydrogen-bond donors (Lipinski definition) is 1. The molecular weight excluding hydrogens is 317 g/mol. The van der Waals surface area contributed by atoms with E-state index in [9.17, 15) is 9.18 Å². The van der Waals surface area contributed by atoms with E-state index in [-0.39, 0.29) is 5.82 Å². The van der Waals surface area contributed by atoms with E-state index in [1.807, 2.05) is 0 Å². The lowest BCUT2D eigenvalue weighted by atomic mass is 10.1. The maximum atomic E-state index is 13.7. The van der Waals surface area contributed by atoms with Crippen molar-refractivity contribution in [3.63, 3.8) is 0 Å². The molecule has 7 heteroatoms. The Morgan fingerprint density at radius 3 is 2.63 bits per heavy atom. The van der Waals surface area contributed by atoms with Crippen molar-refractivity contribution in [3.05, 3.63) is 41.0 Å². The van der Waals surface area contributed by atoms with Crippen molar-refractivity contribution in [2.45, 2.75) is 0 Å². The molecule has 0 atom stereocenters. The molecule has 1 N–H and O–H groups in total. The third kappa shape index (κ3) is 2.87. The van der Waals surface area contributed by atoms with Gasteiger partial charge in [-0.2, -0.15) is 0 Å². The van der Waals surface area contributed by atoms with Gasteiger partial charge < -0.3 is 5.11 Å². The minimum atomic E-state index is -1.11. The van der Waals surface area contributed by atoms with Crippen molar-refractivity contribution in [3.8, 4) is 11.1 Å². The highest BCUT2D eigenvalue weighted by Gasteiger charge is 2.11. The van der Waals surface area contributed by atoms with Gasteiger partial charge in [0.05, 0.1) is 0 Å². The second-order valence-corrected chi connectivity index (χ2v) is 4.55. The van der Waals surface area contributed by atoms with Crippen molar-refractivity contribution in [2.75, 3.05) is 11.9 Å². The van der Waals surface area contributed by atoms with Gasteiger partial charge in [-0.15, -0.1) is 0 Å². The smallest absolute Gasteiger partial charge is 0.412 e. The van der Waals surface area contributed by atoms with Crippen molar-refractivity contribution in [1.82, 2.24) is 9.97 Å². The molecule has 5 nitrogen and oxygen atoms in total. The maximum Gasteiger partial charge on any atom is 0.412 e. The molecule has 0 saturated carbocycles. The van der Waals surface area contributed by atoms with E-state index in [1.54, 1.807) is 6.07 Å². The average molecular weight is 326 g/mol. The molecule has 0 aromatic carbocycles. The number of pyridine rings is 2. The van der Waals surface area contributed by atoms with Crippen molar-refractivity contribution in [2.24, 2.45) is 0 Å². The van der Waals surface area contributed by atoms with E-state index >= 15 is 0 Å². The molecule has 2 rings (SSSR count). The van der Waals surface area contributed by atoms with Crippen LogP contribution in [0.1, 0.15) is 0 Å². The second kappa shape index (κ2) is 5.31. The zero-order chi connectivity index (χ0) is 14.0. The van der Waals surface area contributed by atoms with Crippen molar-refractivity contribution < 1.29 is 14.3 Å². The third-order valence-corrected chi connectivity index (χ3v) is 2.94. The van der Waals surface area contributed by atoms with E-state index in [2.05, 4.69) is 25.9 Å². The summed E-state index contributed by atoms with van der Waals surface area (Å²) in [4.78, 5) is 19.7. The second-order valence-electron chi connectivity index (χ2n) is 3.73. The van der Waals surface area contributed by atoms with Crippen LogP contribution >= 0.6 is 15.9 Å². The maximum absolute atomic E-state index is 13.7. The minimum Gasteiger partial charge on any atom is -0.465 e. The van der Waals surface area contributed by atoms with Crippen LogP contribution in [0.4, 0.5) is 15.0 Å².